The highest BCUT2D eigenvalue weighted by molar-refractivity contribution is 5.04. The van der Waals surface area contributed by atoms with Crippen molar-refractivity contribution in [3.8, 4) is 0 Å². The molecular weight excluding hydrogens is 210 g/mol. The van der Waals surface area contributed by atoms with Gasteiger partial charge in [-0.3, -0.25) is 4.98 Å². The summed E-state index contributed by atoms with van der Waals surface area (Å²) in [4.78, 5) is 6.94. The Balaban J connectivity index is 1.54. The lowest BCUT2D eigenvalue weighted by molar-refractivity contribution is 0.148. The summed E-state index contributed by atoms with van der Waals surface area (Å²) in [7, 11) is 2.29. The fraction of sp³-hybridized carbons (Fsp3) is 0.643. The average Bonchev–Trinajstić information content (AvgIpc) is 2.61. The summed E-state index contributed by atoms with van der Waals surface area (Å²) >= 11 is 0. The van der Waals surface area contributed by atoms with Gasteiger partial charge in [0.25, 0.3) is 0 Å². The Kier molecular flexibility index (Phi) is 3.12. The molecule has 1 N–H and O–H groups in total. The van der Waals surface area contributed by atoms with Gasteiger partial charge in [-0.2, -0.15) is 0 Å². The number of fused-ring (bicyclic) bond motifs is 2. The molecule has 2 unspecified atom stereocenters. The maximum Gasteiger partial charge on any atom is 0.0541 e. The maximum atomic E-state index is 4.36. The number of hydrogen-bond donors (Lipinski definition) is 1. The summed E-state index contributed by atoms with van der Waals surface area (Å²) in [6, 6.07) is 8.44. The van der Waals surface area contributed by atoms with Gasteiger partial charge in [0.15, 0.2) is 0 Å². The number of aromatic nitrogens is 1. The highest BCUT2D eigenvalue weighted by Crippen LogP contribution is 2.34. The van der Waals surface area contributed by atoms with Gasteiger partial charge in [0, 0.05) is 30.9 Å². The van der Waals surface area contributed by atoms with Crippen molar-refractivity contribution in [2.45, 2.75) is 50.4 Å². The number of piperidine rings is 1. The van der Waals surface area contributed by atoms with Crippen LogP contribution in [0.25, 0.3) is 0 Å². The second-order valence-electron chi connectivity index (χ2n) is 5.42. The summed E-state index contributed by atoms with van der Waals surface area (Å²) in [6.45, 7) is 0.911. The molecule has 0 aromatic carbocycles. The van der Waals surface area contributed by atoms with Gasteiger partial charge in [-0.05, 0) is 44.9 Å². The van der Waals surface area contributed by atoms with E-state index in [4.69, 9.17) is 0 Å². The molecule has 0 saturated carbocycles. The second kappa shape index (κ2) is 4.75. The van der Waals surface area contributed by atoms with E-state index in [9.17, 15) is 0 Å². The Morgan fingerprint density at radius 2 is 2.06 bits per heavy atom. The predicted octanol–water partition coefficient (Wildman–Crippen LogP) is 1.80. The van der Waals surface area contributed by atoms with Crippen molar-refractivity contribution in [3.63, 3.8) is 0 Å². The van der Waals surface area contributed by atoms with Gasteiger partial charge in [-0.25, -0.2) is 0 Å². The molecule has 17 heavy (non-hydrogen) atoms. The fourth-order valence-electron chi connectivity index (χ4n) is 3.33. The standard InChI is InChI=1S/C14H21N3/c1-17-13-5-6-14(17)9-12(8-13)16-10-11-4-2-3-7-15-11/h2-4,7,12-14,16H,5-6,8-10H2,1H3. The van der Waals surface area contributed by atoms with Gasteiger partial charge in [0.05, 0.1) is 5.69 Å². The Bertz CT molecular complexity index is 351. The lowest BCUT2D eigenvalue weighted by Crippen LogP contribution is -2.47. The van der Waals surface area contributed by atoms with Crippen molar-refractivity contribution in [3.05, 3.63) is 30.1 Å². The van der Waals surface area contributed by atoms with Crippen molar-refractivity contribution in [1.29, 1.82) is 0 Å². The van der Waals surface area contributed by atoms with Crippen LogP contribution >= 0.6 is 0 Å². The van der Waals surface area contributed by atoms with E-state index in [-0.39, 0.29) is 0 Å². The number of hydrogen-bond acceptors (Lipinski definition) is 3. The first-order valence-corrected chi connectivity index (χ1v) is 6.68. The minimum absolute atomic E-state index is 0.686. The molecule has 1 aromatic heterocycles. The molecule has 3 rings (SSSR count). The van der Waals surface area contributed by atoms with Crippen LogP contribution in [-0.4, -0.2) is 35.1 Å². The summed E-state index contributed by atoms with van der Waals surface area (Å²) in [6.07, 6.45) is 7.26. The zero-order valence-corrected chi connectivity index (χ0v) is 10.5. The van der Waals surface area contributed by atoms with E-state index in [1.54, 1.807) is 0 Å². The van der Waals surface area contributed by atoms with E-state index >= 15 is 0 Å². The normalized spacial score (nSPS) is 32.9. The Labute approximate surface area is 103 Å². The van der Waals surface area contributed by atoms with Gasteiger partial charge >= 0.3 is 0 Å². The van der Waals surface area contributed by atoms with Crippen LogP contribution < -0.4 is 5.32 Å². The third kappa shape index (κ3) is 2.35. The topological polar surface area (TPSA) is 28.2 Å². The van der Waals surface area contributed by atoms with Gasteiger partial charge in [0.1, 0.15) is 0 Å². The van der Waals surface area contributed by atoms with Crippen LogP contribution in [0.1, 0.15) is 31.4 Å². The second-order valence-corrected chi connectivity index (χ2v) is 5.42. The third-order valence-corrected chi connectivity index (χ3v) is 4.40. The summed E-state index contributed by atoms with van der Waals surface area (Å²) in [5, 5.41) is 3.67. The maximum absolute atomic E-state index is 4.36. The van der Waals surface area contributed by atoms with Crippen molar-refractivity contribution < 1.29 is 0 Å². The van der Waals surface area contributed by atoms with Crippen LogP contribution in [0.3, 0.4) is 0 Å². The molecule has 2 aliphatic heterocycles. The Morgan fingerprint density at radius 1 is 1.29 bits per heavy atom. The van der Waals surface area contributed by atoms with E-state index in [0.29, 0.717) is 6.04 Å². The van der Waals surface area contributed by atoms with Gasteiger partial charge < -0.3 is 10.2 Å². The number of pyridine rings is 1. The van der Waals surface area contributed by atoms with Crippen molar-refractivity contribution in [1.82, 2.24) is 15.2 Å². The van der Waals surface area contributed by atoms with Crippen LogP contribution in [0.2, 0.25) is 0 Å². The molecule has 0 radical (unpaired) electrons. The minimum Gasteiger partial charge on any atom is -0.308 e. The lowest BCUT2D eigenvalue weighted by atomic mass is 9.98. The predicted molar refractivity (Wildman–Crippen MR) is 68.7 cm³/mol. The molecule has 3 heteroatoms. The molecule has 2 bridgehead atoms. The molecule has 3 nitrogen and oxygen atoms in total. The number of nitrogens with one attached hydrogen (secondary N) is 1. The van der Waals surface area contributed by atoms with E-state index in [1.807, 2.05) is 12.3 Å². The van der Waals surface area contributed by atoms with Gasteiger partial charge in [-0.1, -0.05) is 6.07 Å². The smallest absolute Gasteiger partial charge is 0.0541 e. The Hall–Kier alpha value is -0.930. The van der Waals surface area contributed by atoms with Crippen LogP contribution in [0.15, 0.2) is 24.4 Å². The van der Waals surface area contributed by atoms with Crippen molar-refractivity contribution in [2.24, 2.45) is 0 Å². The van der Waals surface area contributed by atoms with E-state index < -0.39 is 0 Å². The molecule has 0 aliphatic carbocycles. The molecule has 3 heterocycles. The lowest BCUT2D eigenvalue weighted by Gasteiger charge is -2.36. The third-order valence-electron chi connectivity index (χ3n) is 4.40. The van der Waals surface area contributed by atoms with Gasteiger partial charge in [-0.15, -0.1) is 0 Å². The molecular formula is C14H21N3. The van der Waals surface area contributed by atoms with Crippen molar-refractivity contribution >= 4 is 0 Å². The monoisotopic (exact) mass is 231 g/mol. The quantitative estimate of drug-likeness (QED) is 0.859. The number of rotatable bonds is 3. The minimum atomic E-state index is 0.686. The molecule has 0 spiro atoms. The molecule has 2 aliphatic rings. The van der Waals surface area contributed by atoms with Crippen LogP contribution in [0.4, 0.5) is 0 Å². The zero-order valence-electron chi connectivity index (χ0n) is 10.5. The van der Waals surface area contributed by atoms with Crippen LogP contribution in [-0.2, 0) is 6.54 Å². The first-order valence-electron chi connectivity index (χ1n) is 6.68. The molecule has 2 saturated heterocycles. The van der Waals surface area contributed by atoms with Crippen LogP contribution in [0.5, 0.6) is 0 Å². The fourth-order valence-corrected chi connectivity index (χ4v) is 3.33. The Morgan fingerprint density at radius 3 is 2.71 bits per heavy atom. The zero-order chi connectivity index (χ0) is 11.7. The first kappa shape index (κ1) is 11.2. The van der Waals surface area contributed by atoms with Gasteiger partial charge in [0.2, 0.25) is 0 Å². The largest absolute Gasteiger partial charge is 0.308 e. The van der Waals surface area contributed by atoms with Crippen molar-refractivity contribution in [2.75, 3.05) is 7.05 Å². The highest BCUT2D eigenvalue weighted by Gasteiger charge is 2.37. The molecule has 2 fully saturated rings. The SMILES string of the molecule is CN1C2CCC1CC(NCc1ccccn1)C2. The van der Waals surface area contributed by atoms with E-state index in [1.165, 1.54) is 25.7 Å². The van der Waals surface area contributed by atoms with E-state index in [2.05, 4.69) is 34.4 Å². The molecule has 0 amide bonds. The summed E-state index contributed by atoms with van der Waals surface area (Å²) in [5.74, 6) is 0. The summed E-state index contributed by atoms with van der Waals surface area (Å²) in [5.41, 5.74) is 1.15. The molecule has 92 valence electrons. The number of nitrogens with zero attached hydrogens (tertiary/aromatic N) is 2. The molecule has 1 aromatic rings. The average molecular weight is 231 g/mol. The molecule has 2 atom stereocenters. The highest BCUT2D eigenvalue weighted by atomic mass is 15.2. The van der Waals surface area contributed by atoms with E-state index in [0.717, 1.165) is 24.3 Å². The summed E-state index contributed by atoms with van der Waals surface area (Å²) < 4.78 is 0. The van der Waals surface area contributed by atoms with Crippen LogP contribution in [0, 0.1) is 0 Å². The first-order chi connectivity index (χ1) is 8.33.